The van der Waals surface area contributed by atoms with Crippen molar-refractivity contribution in [2.75, 3.05) is 13.6 Å². The fourth-order valence-corrected chi connectivity index (χ4v) is 6.23. The molecule has 2 amide bonds. The molecule has 1 fully saturated rings. The highest BCUT2D eigenvalue weighted by molar-refractivity contribution is 7.89. The van der Waals surface area contributed by atoms with E-state index in [0.717, 1.165) is 36.4 Å². The lowest BCUT2D eigenvalue weighted by atomic mass is 9.95. The molecule has 7 nitrogen and oxygen atoms in total. The molecule has 11 heteroatoms. The summed E-state index contributed by atoms with van der Waals surface area (Å²) < 4.78 is 27.2. The van der Waals surface area contributed by atoms with Gasteiger partial charge in [-0.05, 0) is 55.7 Å². The Labute approximate surface area is 234 Å². The van der Waals surface area contributed by atoms with Gasteiger partial charge in [0.15, 0.2) is 0 Å². The van der Waals surface area contributed by atoms with Gasteiger partial charge in [0.1, 0.15) is 6.04 Å². The van der Waals surface area contributed by atoms with Crippen LogP contribution in [0.3, 0.4) is 0 Å². The van der Waals surface area contributed by atoms with E-state index in [9.17, 15) is 18.0 Å². The Balaban J connectivity index is 1.88. The Morgan fingerprint density at radius 3 is 2.16 bits per heavy atom. The van der Waals surface area contributed by atoms with Gasteiger partial charge in [-0.3, -0.25) is 9.59 Å². The predicted molar refractivity (Wildman–Crippen MR) is 147 cm³/mol. The molecule has 0 aromatic heterocycles. The van der Waals surface area contributed by atoms with Gasteiger partial charge in [0.25, 0.3) is 0 Å². The molecular weight excluding hydrogens is 557 g/mol. The summed E-state index contributed by atoms with van der Waals surface area (Å²) in [6.45, 7) is 1.30. The average molecular weight is 589 g/mol. The molecule has 37 heavy (non-hydrogen) atoms. The minimum Gasteiger partial charge on any atom is -0.352 e. The van der Waals surface area contributed by atoms with Crippen molar-refractivity contribution in [2.45, 2.75) is 69.0 Å². The summed E-state index contributed by atoms with van der Waals surface area (Å²) in [5.41, 5.74) is 0.492. The van der Waals surface area contributed by atoms with Crippen molar-refractivity contribution >= 4 is 56.6 Å². The molecule has 1 atom stereocenters. The first-order valence-corrected chi connectivity index (χ1v) is 14.9. The van der Waals surface area contributed by atoms with E-state index in [1.54, 1.807) is 18.2 Å². The van der Waals surface area contributed by atoms with Crippen molar-refractivity contribution in [3.8, 4) is 0 Å². The van der Waals surface area contributed by atoms with Gasteiger partial charge in [0.2, 0.25) is 21.8 Å². The Morgan fingerprint density at radius 1 is 1.00 bits per heavy atom. The number of rotatable bonds is 10. The second-order valence-corrected chi connectivity index (χ2v) is 12.5. The molecule has 1 saturated carbocycles. The van der Waals surface area contributed by atoms with E-state index in [1.165, 1.54) is 36.2 Å². The van der Waals surface area contributed by atoms with Gasteiger partial charge in [-0.25, -0.2) is 8.42 Å². The van der Waals surface area contributed by atoms with Gasteiger partial charge in [-0.15, -0.1) is 0 Å². The van der Waals surface area contributed by atoms with Crippen molar-refractivity contribution in [2.24, 2.45) is 0 Å². The fourth-order valence-electron chi connectivity index (χ4n) is 4.47. The molecular formula is C26H32Cl3N3O4S. The van der Waals surface area contributed by atoms with Crippen LogP contribution in [-0.2, 0) is 26.2 Å². The summed E-state index contributed by atoms with van der Waals surface area (Å²) in [4.78, 5) is 28.4. The van der Waals surface area contributed by atoms with Gasteiger partial charge < -0.3 is 10.2 Å². The van der Waals surface area contributed by atoms with Crippen LogP contribution < -0.4 is 5.32 Å². The van der Waals surface area contributed by atoms with Crippen LogP contribution in [0.5, 0.6) is 0 Å². The molecule has 0 radical (unpaired) electrons. The quantitative estimate of drug-likeness (QED) is 0.396. The third-order valence-electron chi connectivity index (χ3n) is 6.61. The van der Waals surface area contributed by atoms with E-state index in [-0.39, 0.29) is 23.4 Å². The molecule has 2 aromatic rings. The Kier molecular flexibility index (Phi) is 10.7. The monoisotopic (exact) mass is 587 g/mol. The lowest BCUT2D eigenvalue weighted by Gasteiger charge is -2.34. The van der Waals surface area contributed by atoms with Crippen LogP contribution in [0.25, 0.3) is 0 Å². The lowest BCUT2D eigenvalue weighted by molar-refractivity contribution is -0.141. The molecule has 1 N–H and O–H groups in total. The predicted octanol–water partition coefficient (Wildman–Crippen LogP) is 5.52. The van der Waals surface area contributed by atoms with E-state index < -0.39 is 28.5 Å². The summed E-state index contributed by atoms with van der Waals surface area (Å²) in [5.74, 6) is -0.809. The maximum absolute atomic E-state index is 13.6. The molecule has 0 aliphatic heterocycles. The van der Waals surface area contributed by atoms with Gasteiger partial charge in [-0.2, -0.15) is 4.31 Å². The second-order valence-electron chi connectivity index (χ2n) is 9.20. The third-order valence-corrected chi connectivity index (χ3v) is 9.39. The molecule has 0 bridgehead atoms. The lowest BCUT2D eigenvalue weighted by Crippen LogP contribution is -2.53. The first kappa shape index (κ1) is 29.7. The highest BCUT2D eigenvalue weighted by Gasteiger charge is 2.33. The molecule has 0 unspecified atom stereocenters. The molecule has 1 aliphatic carbocycles. The summed E-state index contributed by atoms with van der Waals surface area (Å²) in [5, 5.41) is 4.20. The Morgan fingerprint density at radius 2 is 1.59 bits per heavy atom. The Hall–Kier alpha value is -1.84. The fraction of sp³-hybridized carbons (Fsp3) is 0.462. The van der Waals surface area contributed by atoms with Gasteiger partial charge in [0, 0.05) is 40.3 Å². The molecule has 0 spiro atoms. The van der Waals surface area contributed by atoms with Crippen molar-refractivity contribution < 1.29 is 18.0 Å². The molecule has 3 rings (SSSR count). The van der Waals surface area contributed by atoms with E-state index in [1.807, 2.05) is 6.92 Å². The zero-order valence-corrected chi connectivity index (χ0v) is 24.0. The third kappa shape index (κ3) is 7.60. The van der Waals surface area contributed by atoms with Crippen LogP contribution in [0, 0.1) is 0 Å². The first-order chi connectivity index (χ1) is 17.5. The van der Waals surface area contributed by atoms with Crippen LogP contribution in [-0.4, -0.2) is 55.1 Å². The number of nitrogens with zero attached hydrogens (tertiary/aromatic N) is 2. The van der Waals surface area contributed by atoms with E-state index in [4.69, 9.17) is 34.8 Å². The normalized spacial score (nSPS) is 15.4. The van der Waals surface area contributed by atoms with Gasteiger partial charge >= 0.3 is 0 Å². The number of nitrogens with one attached hydrogen (secondary N) is 1. The van der Waals surface area contributed by atoms with Crippen molar-refractivity contribution in [1.29, 1.82) is 0 Å². The maximum atomic E-state index is 13.6. The molecule has 1 aliphatic rings. The first-order valence-electron chi connectivity index (χ1n) is 12.3. The second kappa shape index (κ2) is 13.3. The molecule has 0 heterocycles. The average Bonchev–Trinajstić information content (AvgIpc) is 2.86. The number of carbonyl (C=O) groups is 2. The van der Waals surface area contributed by atoms with E-state index >= 15 is 0 Å². The van der Waals surface area contributed by atoms with Crippen LogP contribution in [0.2, 0.25) is 15.1 Å². The summed E-state index contributed by atoms with van der Waals surface area (Å²) in [6, 6.07) is 9.95. The number of halogens is 3. The number of likely N-dealkylation sites (N-methyl/N-ethyl adjacent to an activating group) is 1. The number of amides is 2. The van der Waals surface area contributed by atoms with Crippen molar-refractivity contribution in [3.05, 3.63) is 63.1 Å². The zero-order chi connectivity index (χ0) is 27.2. The van der Waals surface area contributed by atoms with Crippen LogP contribution in [0.1, 0.15) is 51.0 Å². The standard InChI is InChI=1S/C26H32Cl3N3O4S/c1-3-24(26(34)30-19-8-5-4-6-9-19)32(16-21-22(28)10-7-11-23(21)29)25(33)17-31(2)37(35,36)20-14-12-18(27)13-15-20/h7,10-15,19,24H,3-6,8-9,16-17H2,1-2H3,(H,30,34)/t24-/m1/s1. The minimum atomic E-state index is -3.97. The topological polar surface area (TPSA) is 86.8 Å². The van der Waals surface area contributed by atoms with Gasteiger partial charge in [0.05, 0.1) is 11.4 Å². The summed E-state index contributed by atoms with van der Waals surface area (Å²) in [6.07, 6.45) is 5.37. The van der Waals surface area contributed by atoms with Crippen molar-refractivity contribution in [3.63, 3.8) is 0 Å². The smallest absolute Gasteiger partial charge is 0.243 e. The summed E-state index contributed by atoms with van der Waals surface area (Å²) >= 11 is 18.7. The maximum Gasteiger partial charge on any atom is 0.243 e. The molecule has 2 aromatic carbocycles. The van der Waals surface area contributed by atoms with Crippen LogP contribution in [0.4, 0.5) is 0 Å². The van der Waals surface area contributed by atoms with Crippen LogP contribution in [0.15, 0.2) is 47.4 Å². The highest BCUT2D eigenvalue weighted by atomic mass is 35.5. The number of hydrogen-bond donors (Lipinski definition) is 1. The van der Waals surface area contributed by atoms with E-state index in [0.29, 0.717) is 27.1 Å². The Bertz CT molecular complexity index is 1180. The number of sulfonamides is 1. The van der Waals surface area contributed by atoms with Gasteiger partial charge in [-0.1, -0.05) is 67.1 Å². The van der Waals surface area contributed by atoms with Crippen LogP contribution >= 0.6 is 34.8 Å². The number of benzene rings is 2. The summed E-state index contributed by atoms with van der Waals surface area (Å²) in [7, 11) is -2.65. The number of hydrogen-bond acceptors (Lipinski definition) is 4. The number of carbonyl (C=O) groups excluding carboxylic acids is 2. The minimum absolute atomic E-state index is 0.00924. The highest BCUT2D eigenvalue weighted by Crippen LogP contribution is 2.28. The SMILES string of the molecule is CC[C@H](C(=O)NC1CCCCC1)N(Cc1c(Cl)cccc1Cl)C(=O)CN(C)S(=O)(=O)c1ccc(Cl)cc1. The zero-order valence-electron chi connectivity index (χ0n) is 20.9. The van der Waals surface area contributed by atoms with E-state index in [2.05, 4.69) is 5.32 Å². The molecule has 0 saturated heterocycles. The molecule has 202 valence electrons. The van der Waals surface area contributed by atoms with Crippen molar-refractivity contribution in [1.82, 2.24) is 14.5 Å². The largest absolute Gasteiger partial charge is 0.352 e.